The van der Waals surface area contributed by atoms with Crippen LogP contribution in [0.25, 0.3) is 0 Å². The van der Waals surface area contributed by atoms with Crippen molar-refractivity contribution >= 4 is 5.91 Å². The summed E-state index contributed by atoms with van der Waals surface area (Å²) in [6.07, 6.45) is 2.37. The van der Waals surface area contributed by atoms with Crippen molar-refractivity contribution in [1.29, 1.82) is 0 Å². The fourth-order valence-electron chi connectivity index (χ4n) is 3.69. The van der Waals surface area contributed by atoms with Gasteiger partial charge in [0, 0.05) is 32.2 Å². The Balaban J connectivity index is 1.62. The number of amides is 1. The molecule has 2 aliphatic heterocycles. The molecule has 6 heteroatoms. The Labute approximate surface area is 143 Å². The fraction of sp³-hybridized carbons (Fsp3) is 0.611. The monoisotopic (exact) mass is 335 g/mol. The highest BCUT2D eigenvalue weighted by atomic mass is 19.1. The molecular formula is C18H26FN3O2. The zero-order valence-corrected chi connectivity index (χ0v) is 14.5. The quantitative estimate of drug-likeness (QED) is 0.842. The van der Waals surface area contributed by atoms with Gasteiger partial charge in [-0.05, 0) is 45.1 Å². The number of nitrogens with zero attached hydrogens (tertiary/aromatic N) is 3. The van der Waals surface area contributed by atoms with Crippen LogP contribution in [0.2, 0.25) is 0 Å². The number of piperidine rings is 1. The van der Waals surface area contributed by atoms with Gasteiger partial charge in [-0.1, -0.05) is 6.07 Å². The van der Waals surface area contributed by atoms with E-state index in [-0.39, 0.29) is 11.5 Å². The number of hydrogen-bond acceptors (Lipinski definition) is 4. The number of benzene rings is 1. The Morgan fingerprint density at radius 2 is 1.79 bits per heavy atom. The van der Waals surface area contributed by atoms with E-state index < -0.39 is 5.82 Å². The molecule has 24 heavy (non-hydrogen) atoms. The lowest BCUT2D eigenvalue weighted by Gasteiger charge is -2.42. The van der Waals surface area contributed by atoms with Crippen molar-refractivity contribution in [3.05, 3.63) is 29.6 Å². The Morgan fingerprint density at radius 1 is 1.12 bits per heavy atom. The van der Waals surface area contributed by atoms with Crippen molar-refractivity contribution < 1.29 is 13.9 Å². The van der Waals surface area contributed by atoms with Gasteiger partial charge in [0.05, 0.1) is 7.11 Å². The molecule has 0 N–H and O–H groups in total. The number of methoxy groups -OCH3 is 1. The van der Waals surface area contributed by atoms with Crippen LogP contribution in [0.1, 0.15) is 23.2 Å². The van der Waals surface area contributed by atoms with Gasteiger partial charge in [-0.2, -0.15) is 0 Å². The molecule has 0 unspecified atom stereocenters. The first kappa shape index (κ1) is 17.2. The van der Waals surface area contributed by atoms with Gasteiger partial charge in [0.1, 0.15) is 17.1 Å². The van der Waals surface area contributed by atoms with Crippen molar-refractivity contribution in [3.8, 4) is 5.75 Å². The molecule has 2 saturated heterocycles. The number of likely N-dealkylation sites (tertiary alicyclic amines) is 1. The number of piperazine rings is 1. The first-order valence-corrected chi connectivity index (χ1v) is 8.64. The van der Waals surface area contributed by atoms with E-state index >= 15 is 0 Å². The minimum absolute atomic E-state index is 0.0488. The van der Waals surface area contributed by atoms with Crippen LogP contribution in [0.5, 0.6) is 5.75 Å². The van der Waals surface area contributed by atoms with E-state index in [4.69, 9.17) is 4.74 Å². The zero-order chi connectivity index (χ0) is 17.1. The van der Waals surface area contributed by atoms with Gasteiger partial charge in [-0.3, -0.25) is 9.69 Å². The summed E-state index contributed by atoms with van der Waals surface area (Å²) in [5.41, 5.74) is 0.0488. The highest BCUT2D eigenvalue weighted by molar-refractivity contribution is 5.97. The van der Waals surface area contributed by atoms with Crippen molar-refractivity contribution in [3.63, 3.8) is 0 Å². The Hall–Kier alpha value is -1.66. The molecule has 1 aromatic rings. The number of rotatable bonds is 3. The molecule has 0 saturated carbocycles. The second-order valence-corrected chi connectivity index (χ2v) is 6.68. The lowest BCUT2D eigenvalue weighted by Crippen LogP contribution is -2.54. The predicted octanol–water partition coefficient (Wildman–Crippen LogP) is 1.69. The number of carbonyl (C=O) groups is 1. The summed E-state index contributed by atoms with van der Waals surface area (Å²) in [5, 5.41) is 0. The first-order valence-electron chi connectivity index (χ1n) is 8.64. The van der Waals surface area contributed by atoms with E-state index in [0.29, 0.717) is 24.9 Å². The molecule has 3 rings (SSSR count). The van der Waals surface area contributed by atoms with E-state index in [2.05, 4.69) is 16.8 Å². The average molecular weight is 335 g/mol. The standard InChI is InChI=1S/C18H26FN3O2/c1-20-8-6-14(7-9-20)21-10-12-22(13-11-21)18(23)17-15(19)4-3-5-16(17)24-2/h3-5,14H,6-13H2,1-2H3. The molecule has 2 heterocycles. The van der Waals surface area contributed by atoms with Crippen LogP contribution in [0.15, 0.2) is 18.2 Å². The molecule has 0 atom stereocenters. The van der Waals surface area contributed by atoms with Gasteiger partial charge in [0.2, 0.25) is 0 Å². The smallest absolute Gasteiger partial charge is 0.260 e. The van der Waals surface area contributed by atoms with Crippen LogP contribution in [0.4, 0.5) is 4.39 Å². The summed E-state index contributed by atoms with van der Waals surface area (Å²) >= 11 is 0. The van der Waals surface area contributed by atoms with E-state index in [1.807, 2.05) is 0 Å². The molecule has 0 aliphatic carbocycles. The molecule has 0 radical (unpaired) electrons. The van der Waals surface area contributed by atoms with Crippen LogP contribution >= 0.6 is 0 Å². The fourth-order valence-corrected chi connectivity index (χ4v) is 3.69. The third-order valence-corrected chi connectivity index (χ3v) is 5.22. The summed E-state index contributed by atoms with van der Waals surface area (Å²) in [6.45, 7) is 5.27. The number of halogens is 1. The largest absolute Gasteiger partial charge is 0.496 e. The molecule has 2 fully saturated rings. The maximum atomic E-state index is 14.1. The van der Waals surface area contributed by atoms with E-state index in [1.54, 1.807) is 17.0 Å². The molecule has 5 nitrogen and oxygen atoms in total. The highest BCUT2D eigenvalue weighted by Gasteiger charge is 2.30. The van der Waals surface area contributed by atoms with Crippen LogP contribution in [-0.4, -0.2) is 80.1 Å². The van der Waals surface area contributed by atoms with Crippen molar-refractivity contribution in [2.45, 2.75) is 18.9 Å². The van der Waals surface area contributed by atoms with Crippen LogP contribution in [0, 0.1) is 5.82 Å². The minimum atomic E-state index is -0.517. The third-order valence-electron chi connectivity index (χ3n) is 5.22. The lowest BCUT2D eigenvalue weighted by atomic mass is 10.0. The van der Waals surface area contributed by atoms with Gasteiger partial charge < -0.3 is 14.5 Å². The molecule has 0 bridgehead atoms. The van der Waals surface area contributed by atoms with Crippen molar-refractivity contribution in [2.24, 2.45) is 0 Å². The summed E-state index contributed by atoms with van der Waals surface area (Å²) < 4.78 is 19.3. The Kier molecular flexibility index (Phi) is 5.36. The number of hydrogen-bond donors (Lipinski definition) is 0. The van der Waals surface area contributed by atoms with Gasteiger partial charge >= 0.3 is 0 Å². The van der Waals surface area contributed by atoms with Gasteiger partial charge in [-0.15, -0.1) is 0 Å². The maximum Gasteiger partial charge on any atom is 0.260 e. The topological polar surface area (TPSA) is 36.0 Å². The minimum Gasteiger partial charge on any atom is -0.496 e. The summed E-state index contributed by atoms with van der Waals surface area (Å²) in [7, 11) is 3.62. The van der Waals surface area contributed by atoms with Gasteiger partial charge in [0.25, 0.3) is 5.91 Å². The first-order chi connectivity index (χ1) is 11.6. The van der Waals surface area contributed by atoms with Crippen LogP contribution < -0.4 is 4.74 Å². The van der Waals surface area contributed by atoms with Gasteiger partial charge in [0.15, 0.2) is 0 Å². The molecule has 0 spiro atoms. The average Bonchev–Trinajstić information content (AvgIpc) is 2.61. The van der Waals surface area contributed by atoms with E-state index in [1.165, 1.54) is 26.0 Å². The van der Waals surface area contributed by atoms with E-state index in [9.17, 15) is 9.18 Å². The SMILES string of the molecule is COc1cccc(F)c1C(=O)N1CCN(C2CCN(C)CC2)CC1. The number of ether oxygens (including phenoxy) is 1. The molecule has 2 aliphatic rings. The van der Waals surface area contributed by atoms with Crippen molar-refractivity contribution in [1.82, 2.24) is 14.7 Å². The molecule has 132 valence electrons. The third kappa shape index (κ3) is 3.54. The Bertz CT molecular complexity index is 580. The second-order valence-electron chi connectivity index (χ2n) is 6.68. The molecule has 1 aromatic carbocycles. The van der Waals surface area contributed by atoms with Crippen molar-refractivity contribution in [2.75, 3.05) is 53.4 Å². The lowest BCUT2D eigenvalue weighted by molar-refractivity contribution is 0.0469. The predicted molar refractivity (Wildman–Crippen MR) is 90.9 cm³/mol. The summed E-state index contributed by atoms with van der Waals surface area (Å²) in [4.78, 5) is 19.3. The maximum absolute atomic E-state index is 14.1. The van der Waals surface area contributed by atoms with Gasteiger partial charge in [-0.25, -0.2) is 4.39 Å². The van der Waals surface area contributed by atoms with E-state index in [0.717, 1.165) is 26.2 Å². The normalized spacial score (nSPS) is 21.0. The second kappa shape index (κ2) is 7.49. The summed E-state index contributed by atoms with van der Waals surface area (Å²) in [5.74, 6) is -0.483. The zero-order valence-electron chi connectivity index (χ0n) is 14.5. The molecule has 1 amide bonds. The Morgan fingerprint density at radius 3 is 2.42 bits per heavy atom. The molecule has 0 aromatic heterocycles. The van der Waals surface area contributed by atoms with Crippen LogP contribution in [0.3, 0.4) is 0 Å². The molecular weight excluding hydrogens is 309 g/mol. The highest BCUT2D eigenvalue weighted by Crippen LogP contribution is 2.24. The van der Waals surface area contributed by atoms with Crippen LogP contribution in [-0.2, 0) is 0 Å². The number of carbonyl (C=O) groups excluding carboxylic acids is 1. The summed E-state index contributed by atoms with van der Waals surface area (Å²) in [6, 6.07) is 5.11.